The molecule has 0 N–H and O–H groups in total. The van der Waals surface area contributed by atoms with Crippen LogP contribution in [0.2, 0.25) is 0 Å². The lowest BCUT2D eigenvalue weighted by molar-refractivity contribution is -0.119. The van der Waals surface area contributed by atoms with E-state index in [0.29, 0.717) is 42.3 Å². The van der Waals surface area contributed by atoms with Crippen LogP contribution in [0.25, 0.3) is 22.3 Å². The fraction of sp³-hybridized carbons (Fsp3) is 0.609. The molecule has 4 aliphatic rings. The molecule has 0 aromatic heterocycles. The number of benzene rings is 4. The predicted molar refractivity (Wildman–Crippen MR) is 301 cm³/mol. The number of hydrogen-bond acceptors (Lipinski definition) is 3. The van der Waals surface area contributed by atoms with E-state index in [1.165, 1.54) is 173 Å². The van der Waals surface area contributed by atoms with Crippen molar-refractivity contribution < 1.29 is 4.79 Å². The van der Waals surface area contributed by atoms with E-state index in [1.807, 2.05) is 0 Å². The Morgan fingerprint density at radius 2 is 0.750 bits per heavy atom. The summed E-state index contributed by atoms with van der Waals surface area (Å²) in [7, 11) is 0. The Hall–Kier alpha value is -4.47. The molecule has 4 aromatic rings. The van der Waals surface area contributed by atoms with E-state index in [1.54, 1.807) is 0 Å². The van der Waals surface area contributed by atoms with Crippen molar-refractivity contribution in [3.63, 3.8) is 0 Å². The molecule has 4 aliphatic carbocycles. The van der Waals surface area contributed by atoms with E-state index in [2.05, 4.69) is 123 Å². The summed E-state index contributed by atoms with van der Waals surface area (Å²) in [6.07, 6.45) is 35.7. The fourth-order valence-corrected chi connectivity index (χ4v) is 14.5. The van der Waals surface area contributed by atoms with Crippen LogP contribution >= 0.6 is 0 Å². The molecule has 0 saturated heterocycles. The van der Waals surface area contributed by atoms with Crippen molar-refractivity contribution in [1.29, 1.82) is 10.5 Å². The summed E-state index contributed by atoms with van der Waals surface area (Å²) in [4.78, 5) is 12.8. The Kier molecular flexibility index (Phi) is 21.1. The summed E-state index contributed by atoms with van der Waals surface area (Å²) in [6, 6.07) is 42.5. The van der Waals surface area contributed by atoms with Gasteiger partial charge >= 0.3 is 0 Å². The van der Waals surface area contributed by atoms with Crippen molar-refractivity contribution >= 4 is 5.78 Å². The SMILES string of the molecule is CCC[C@H]1CC[C@H](C(C#N)CC2CCC(c3ccc(-c4ccc(CCCCC(=O)CCCCc5ccc(-c6ccc(C7CCC(CC(C#N)[C@H]8CC[C@H](CCC)CC8)CC7)cc6)cc5)cc4)cc3)CC2)CC1. The Morgan fingerprint density at radius 3 is 1.07 bits per heavy atom. The van der Waals surface area contributed by atoms with Gasteiger partial charge in [-0.1, -0.05) is 162 Å². The van der Waals surface area contributed by atoms with Crippen LogP contribution in [-0.4, -0.2) is 5.78 Å². The second-order valence-electron chi connectivity index (χ2n) is 24.1. The second-order valence-corrected chi connectivity index (χ2v) is 24.1. The van der Waals surface area contributed by atoms with Crippen LogP contribution in [0.3, 0.4) is 0 Å². The van der Waals surface area contributed by atoms with Crippen LogP contribution in [0.4, 0.5) is 0 Å². The molecule has 2 atom stereocenters. The van der Waals surface area contributed by atoms with Gasteiger partial charge in [-0.05, 0) is 220 Å². The van der Waals surface area contributed by atoms with Crippen LogP contribution in [0.15, 0.2) is 97.1 Å². The lowest BCUT2D eigenvalue weighted by Crippen LogP contribution is -2.24. The molecule has 0 bridgehead atoms. The minimum atomic E-state index is 0.268. The molecule has 0 heterocycles. The third-order valence-electron chi connectivity index (χ3n) is 19.2. The second kappa shape index (κ2) is 28.3. The van der Waals surface area contributed by atoms with Crippen molar-refractivity contribution in [3.05, 3.63) is 119 Å². The van der Waals surface area contributed by atoms with Crippen LogP contribution in [0, 0.1) is 70.0 Å². The Morgan fingerprint density at radius 1 is 0.431 bits per heavy atom. The minimum absolute atomic E-state index is 0.268. The first-order chi connectivity index (χ1) is 35.4. The summed E-state index contributed by atoms with van der Waals surface area (Å²) in [5.41, 5.74) is 10.8. The molecular weight excluding hydrogens is 873 g/mol. The van der Waals surface area contributed by atoms with Crippen LogP contribution in [-0.2, 0) is 17.6 Å². The molecule has 0 radical (unpaired) electrons. The Balaban J connectivity index is 0.663. The lowest BCUT2D eigenvalue weighted by Gasteiger charge is -2.34. The van der Waals surface area contributed by atoms with Gasteiger partial charge in [0.05, 0.1) is 12.1 Å². The molecule has 3 heteroatoms. The average molecular weight is 966 g/mol. The molecule has 4 saturated carbocycles. The molecule has 4 fully saturated rings. The zero-order valence-electron chi connectivity index (χ0n) is 45.0. The number of nitrogens with zero attached hydrogens (tertiary/aromatic N) is 2. The molecule has 4 aromatic carbocycles. The number of nitriles is 2. The predicted octanol–water partition coefficient (Wildman–Crippen LogP) is 19.5. The largest absolute Gasteiger partial charge is 0.300 e. The number of aryl methyl sites for hydroxylation is 2. The molecule has 0 spiro atoms. The van der Waals surface area contributed by atoms with Crippen molar-refractivity contribution in [2.75, 3.05) is 0 Å². The maximum atomic E-state index is 12.8. The highest BCUT2D eigenvalue weighted by molar-refractivity contribution is 5.78. The number of hydrogen-bond donors (Lipinski definition) is 0. The van der Waals surface area contributed by atoms with Crippen molar-refractivity contribution in [2.24, 2.45) is 47.3 Å². The highest BCUT2D eigenvalue weighted by atomic mass is 16.1. The maximum absolute atomic E-state index is 12.8. The van der Waals surface area contributed by atoms with E-state index in [9.17, 15) is 15.3 Å². The molecule has 2 unspecified atom stereocenters. The Bertz CT molecular complexity index is 2100. The van der Waals surface area contributed by atoms with Crippen LogP contribution in [0.1, 0.15) is 228 Å². The quantitative estimate of drug-likeness (QED) is 0.0657. The summed E-state index contributed by atoms with van der Waals surface area (Å²) >= 11 is 0. The summed E-state index contributed by atoms with van der Waals surface area (Å²) in [6.45, 7) is 4.62. The van der Waals surface area contributed by atoms with E-state index in [4.69, 9.17) is 0 Å². The first-order valence-electron chi connectivity index (χ1n) is 30.1. The Labute approximate surface area is 438 Å². The van der Waals surface area contributed by atoms with Crippen molar-refractivity contribution in [2.45, 2.75) is 218 Å². The number of carbonyl (C=O) groups is 1. The van der Waals surface area contributed by atoms with Gasteiger partial charge in [-0.3, -0.25) is 4.79 Å². The van der Waals surface area contributed by atoms with E-state index >= 15 is 0 Å². The van der Waals surface area contributed by atoms with Gasteiger partial charge in [0.1, 0.15) is 5.78 Å². The van der Waals surface area contributed by atoms with Crippen molar-refractivity contribution in [3.8, 4) is 34.4 Å². The van der Waals surface area contributed by atoms with E-state index in [0.717, 1.165) is 75.0 Å². The van der Waals surface area contributed by atoms with Gasteiger partial charge in [0.15, 0.2) is 0 Å². The van der Waals surface area contributed by atoms with Gasteiger partial charge in [-0.2, -0.15) is 10.5 Å². The normalized spacial score (nSPS) is 25.4. The zero-order chi connectivity index (χ0) is 49.9. The lowest BCUT2D eigenvalue weighted by atomic mass is 9.70. The minimum Gasteiger partial charge on any atom is -0.300 e. The number of carbonyl (C=O) groups excluding carboxylic acids is 1. The standard InChI is InChI=1S/C69H92N2O/c1-3-9-51-15-31-65(32-16-51)67(49-70)47-55-23-35-59(36-24-55)63-43-39-61(40-44-63)57-27-19-53(20-28-57)11-5-7-13-69(72)14-8-6-12-54-21-29-58(30-22-54)62-41-45-64(46-42-62)60-37-25-56(26-38-60)48-68(50-71)66-33-17-52(10-4-2)18-34-66/h19-22,27-30,39-46,51-52,55-56,59-60,65-68H,3-18,23-26,31-38,47-48H2,1-2H3/t51-,52-,55?,56?,59?,60?,65-,66-,67?,68?. The molecule has 0 amide bonds. The molecular formula is C69H92N2O. The number of unbranched alkanes of at least 4 members (excludes halogenated alkanes) is 2. The summed E-state index contributed by atoms with van der Waals surface area (Å²) < 4.78 is 0. The van der Waals surface area contributed by atoms with Gasteiger partial charge in [0.2, 0.25) is 0 Å². The highest BCUT2D eigenvalue weighted by Gasteiger charge is 2.33. The average Bonchev–Trinajstić information content (AvgIpc) is 3.43. The first-order valence-corrected chi connectivity index (χ1v) is 30.1. The van der Waals surface area contributed by atoms with Crippen LogP contribution in [0.5, 0.6) is 0 Å². The first kappa shape index (κ1) is 53.8. The van der Waals surface area contributed by atoms with Gasteiger partial charge < -0.3 is 0 Å². The fourth-order valence-electron chi connectivity index (χ4n) is 14.5. The maximum Gasteiger partial charge on any atom is 0.132 e. The molecule has 72 heavy (non-hydrogen) atoms. The highest BCUT2D eigenvalue weighted by Crippen LogP contribution is 2.45. The number of ketones is 1. The van der Waals surface area contributed by atoms with Gasteiger partial charge in [0.25, 0.3) is 0 Å². The molecule has 384 valence electrons. The zero-order valence-corrected chi connectivity index (χ0v) is 45.0. The van der Waals surface area contributed by atoms with E-state index in [-0.39, 0.29) is 11.8 Å². The van der Waals surface area contributed by atoms with Crippen LogP contribution < -0.4 is 0 Å². The molecule has 3 nitrogen and oxygen atoms in total. The van der Waals surface area contributed by atoms with Gasteiger partial charge in [-0.25, -0.2) is 0 Å². The van der Waals surface area contributed by atoms with Crippen molar-refractivity contribution in [1.82, 2.24) is 0 Å². The van der Waals surface area contributed by atoms with E-state index < -0.39 is 0 Å². The number of rotatable bonds is 24. The summed E-state index contributed by atoms with van der Waals surface area (Å²) in [5.74, 6) is 6.80. The third kappa shape index (κ3) is 15.8. The monoisotopic (exact) mass is 965 g/mol. The number of Topliss-reactive ketones (excluding diaryl/α,β-unsaturated/α-hetero) is 1. The smallest absolute Gasteiger partial charge is 0.132 e. The van der Waals surface area contributed by atoms with Gasteiger partial charge in [-0.15, -0.1) is 0 Å². The molecule has 8 rings (SSSR count). The third-order valence-corrected chi connectivity index (χ3v) is 19.2. The van der Waals surface area contributed by atoms with Gasteiger partial charge in [0, 0.05) is 24.7 Å². The topological polar surface area (TPSA) is 64.7 Å². The summed E-state index contributed by atoms with van der Waals surface area (Å²) in [5, 5.41) is 20.2. The molecule has 0 aliphatic heterocycles.